The van der Waals surface area contributed by atoms with Gasteiger partial charge in [-0.2, -0.15) is 13.2 Å². The molecule has 0 saturated carbocycles. The van der Waals surface area contributed by atoms with Gasteiger partial charge in [-0.3, -0.25) is 9.59 Å². The maximum absolute atomic E-state index is 12.4. The molecule has 0 spiro atoms. The summed E-state index contributed by atoms with van der Waals surface area (Å²) in [4.78, 5) is 28.5. The van der Waals surface area contributed by atoms with E-state index in [1.807, 2.05) is 0 Å². The Morgan fingerprint density at radius 1 is 1.43 bits per heavy atom. The quantitative estimate of drug-likeness (QED) is 0.912. The molecule has 0 bridgehead atoms. The van der Waals surface area contributed by atoms with Gasteiger partial charge in [0.05, 0.1) is 5.92 Å². The molecule has 2 rings (SSSR count). The molecule has 23 heavy (non-hydrogen) atoms. The minimum atomic E-state index is -4.54. The Morgan fingerprint density at radius 3 is 2.83 bits per heavy atom. The number of alkyl halides is 3. The van der Waals surface area contributed by atoms with Crippen molar-refractivity contribution in [2.45, 2.75) is 19.0 Å². The highest BCUT2D eigenvalue weighted by Crippen LogP contribution is 2.24. The van der Waals surface area contributed by atoms with E-state index in [0.29, 0.717) is 19.4 Å². The number of ether oxygens (including phenoxy) is 1. The van der Waals surface area contributed by atoms with E-state index in [0.717, 1.165) is 0 Å². The second-order valence-electron chi connectivity index (χ2n) is 5.19. The largest absolute Gasteiger partial charge is 0.481 e. The van der Waals surface area contributed by atoms with Gasteiger partial charge in [0.1, 0.15) is 5.56 Å². The van der Waals surface area contributed by atoms with E-state index in [1.54, 1.807) is 0 Å². The second-order valence-corrected chi connectivity index (χ2v) is 5.19. The first-order valence-corrected chi connectivity index (χ1v) is 6.94. The molecule has 1 amide bonds. The lowest BCUT2D eigenvalue weighted by Gasteiger charge is -2.31. The van der Waals surface area contributed by atoms with Gasteiger partial charge in [-0.1, -0.05) is 0 Å². The topological polar surface area (TPSA) is 79.7 Å². The van der Waals surface area contributed by atoms with E-state index in [1.165, 1.54) is 23.2 Å². The molecule has 2 heterocycles. The first kappa shape index (κ1) is 17.0. The van der Waals surface area contributed by atoms with Gasteiger partial charge in [0.25, 0.3) is 5.91 Å². The van der Waals surface area contributed by atoms with Crippen LogP contribution in [-0.2, 0) is 4.79 Å². The molecule has 0 aliphatic carbocycles. The van der Waals surface area contributed by atoms with Crippen LogP contribution in [0.4, 0.5) is 13.2 Å². The van der Waals surface area contributed by atoms with Crippen molar-refractivity contribution in [2.75, 3.05) is 19.7 Å². The normalized spacial score (nSPS) is 18.6. The third kappa shape index (κ3) is 4.57. The fraction of sp³-hybridized carbons (Fsp3) is 0.500. The van der Waals surface area contributed by atoms with Crippen LogP contribution < -0.4 is 4.74 Å². The molecule has 1 N–H and O–H groups in total. The van der Waals surface area contributed by atoms with Gasteiger partial charge in [0.2, 0.25) is 5.88 Å². The minimum absolute atomic E-state index is 0.0156. The highest BCUT2D eigenvalue weighted by atomic mass is 19.4. The molecular weight excluding hydrogens is 317 g/mol. The Morgan fingerprint density at radius 2 is 2.17 bits per heavy atom. The van der Waals surface area contributed by atoms with Crippen molar-refractivity contribution < 1.29 is 32.6 Å². The molecule has 0 unspecified atom stereocenters. The molecule has 1 aliphatic rings. The molecule has 126 valence electrons. The molecule has 1 fully saturated rings. The molecule has 1 aromatic rings. The van der Waals surface area contributed by atoms with Crippen LogP contribution in [0.3, 0.4) is 0 Å². The minimum Gasteiger partial charge on any atom is -0.481 e. The standard InChI is InChI=1S/C14H15F3N2O4/c15-14(16,17)8-23-11-10(4-1-5-18-11)12(20)19-6-2-3-9(7-19)13(21)22/h1,4-5,9H,2-3,6-8H2,(H,21,22)/t9-/m1/s1. The lowest BCUT2D eigenvalue weighted by atomic mass is 9.98. The van der Waals surface area contributed by atoms with Gasteiger partial charge < -0.3 is 14.7 Å². The number of likely N-dealkylation sites (tertiary alicyclic amines) is 1. The molecule has 1 aromatic heterocycles. The summed E-state index contributed by atoms with van der Waals surface area (Å²) in [6.45, 7) is -1.19. The van der Waals surface area contributed by atoms with Crippen LogP contribution in [0.15, 0.2) is 18.3 Å². The number of carboxylic acids is 1. The number of halogens is 3. The number of rotatable bonds is 4. The molecule has 0 radical (unpaired) electrons. The van der Waals surface area contributed by atoms with Gasteiger partial charge in [-0.15, -0.1) is 0 Å². The summed E-state index contributed by atoms with van der Waals surface area (Å²) in [5, 5.41) is 9.04. The van der Waals surface area contributed by atoms with Gasteiger partial charge in [-0.05, 0) is 25.0 Å². The number of hydrogen-bond acceptors (Lipinski definition) is 4. The predicted molar refractivity (Wildman–Crippen MR) is 72.1 cm³/mol. The number of aromatic nitrogens is 1. The summed E-state index contributed by atoms with van der Waals surface area (Å²) in [5.74, 6) is -2.67. The average molecular weight is 332 g/mol. The maximum atomic E-state index is 12.4. The highest BCUT2D eigenvalue weighted by molar-refractivity contribution is 5.96. The number of piperidine rings is 1. The van der Waals surface area contributed by atoms with Crippen molar-refractivity contribution in [1.82, 2.24) is 9.88 Å². The number of amides is 1. The summed E-state index contributed by atoms with van der Waals surface area (Å²) in [6, 6.07) is 2.72. The van der Waals surface area contributed by atoms with Crippen LogP contribution in [0.5, 0.6) is 5.88 Å². The SMILES string of the molecule is O=C(O)[C@@H]1CCCN(C(=O)c2cccnc2OCC(F)(F)F)C1. The number of aliphatic carboxylic acids is 1. The molecular formula is C14H15F3N2O4. The maximum Gasteiger partial charge on any atom is 0.422 e. The monoisotopic (exact) mass is 332 g/mol. The van der Waals surface area contributed by atoms with Crippen molar-refractivity contribution in [1.29, 1.82) is 0 Å². The second kappa shape index (κ2) is 6.84. The van der Waals surface area contributed by atoms with E-state index < -0.39 is 36.5 Å². The Bertz CT molecular complexity index is 592. The average Bonchev–Trinajstić information content (AvgIpc) is 2.52. The van der Waals surface area contributed by atoms with Gasteiger partial charge in [-0.25, -0.2) is 4.98 Å². The fourth-order valence-electron chi connectivity index (χ4n) is 2.35. The van der Waals surface area contributed by atoms with Gasteiger partial charge in [0, 0.05) is 19.3 Å². The lowest BCUT2D eigenvalue weighted by molar-refractivity contribution is -0.154. The van der Waals surface area contributed by atoms with E-state index in [2.05, 4.69) is 9.72 Å². The Kier molecular flexibility index (Phi) is 5.07. The molecule has 9 heteroatoms. The van der Waals surface area contributed by atoms with Gasteiger partial charge >= 0.3 is 12.1 Å². The summed E-state index contributed by atoms with van der Waals surface area (Å²) in [6.07, 6.45) is -2.35. The predicted octanol–water partition coefficient (Wildman–Crippen LogP) is 1.96. The van der Waals surface area contributed by atoms with Crippen LogP contribution in [0.2, 0.25) is 0 Å². The lowest BCUT2D eigenvalue weighted by Crippen LogP contribution is -2.42. The van der Waals surface area contributed by atoms with Crippen molar-refractivity contribution in [3.8, 4) is 5.88 Å². The molecule has 1 saturated heterocycles. The third-order valence-corrected chi connectivity index (χ3v) is 3.43. The van der Waals surface area contributed by atoms with E-state index in [9.17, 15) is 22.8 Å². The van der Waals surface area contributed by atoms with E-state index in [-0.39, 0.29) is 12.1 Å². The Balaban J connectivity index is 2.14. The van der Waals surface area contributed by atoms with E-state index in [4.69, 9.17) is 5.11 Å². The zero-order valence-corrected chi connectivity index (χ0v) is 12.0. The van der Waals surface area contributed by atoms with Crippen molar-refractivity contribution >= 4 is 11.9 Å². The van der Waals surface area contributed by atoms with Crippen LogP contribution >= 0.6 is 0 Å². The summed E-state index contributed by atoms with van der Waals surface area (Å²) in [5.41, 5.74) is -0.109. The first-order valence-electron chi connectivity index (χ1n) is 6.94. The molecule has 0 aromatic carbocycles. The number of carbonyl (C=O) groups excluding carboxylic acids is 1. The number of carbonyl (C=O) groups is 2. The van der Waals surface area contributed by atoms with Crippen LogP contribution in [0, 0.1) is 5.92 Å². The zero-order chi connectivity index (χ0) is 17.0. The molecule has 1 atom stereocenters. The van der Waals surface area contributed by atoms with Crippen molar-refractivity contribution in [3.63, 3.8) is 0 Å². The number of nitrogens with zero attached hydrogens (tertiary/aromatic N) is 2. The fourth-order valence-corrected chi connectivity index (χ4v) is 2.35. The summed E-state index contributed by atoms with van der Waals surface area (Å²) < 4.78 is 41.4. The smallest absolute Gasteiger partial charge is 0.422 e. The van der Waals surface area contributed by atoms with Gasteiger partial charge in [0.15, 0.2) is 6.61 Å². The number of carboxylic acid groups (broad SMARTS) is 1. The zero-order valence-electron chi connectivity index (χ0n) is 12.0. The van der Waals surface area contributed by atoms with Crippen molar-refractivity contribution in [2.24, 2.45) is 5.92 Å². The Hall–Kier alpha value is -2.32. The molecule has 1 aliphatic heterocycles. The van der Waals surface area contributed by atoms with Crippen LogP contribution in [-0.4, -0.2) is 52.7 Å². The first-order chi connectivity index (χ1) is 10.8. The van der Waals surface area contributed by atoms with Crippen LogP contribution in [0.25, 0.3) is 0 Å². The van der Waals surface area contributed by atoms with Crippen LogP contribution in [0.1, 0.15) is 23.2 Å². The highest BCUT2D eigenvalue weighted by Gasteiger charge is 2.32. The summed E-state index contributed by atoms with van der Waals surface area (Å²) >= 11 is 0. The number of hydrogen-bond donors (Lipinski definition) is 1. The summed E-state index contributed by atoms with van der Waals surface area (Å²) in [7, 11) is 0. The third-order valence-electron chi connectivity index (χ3n) is 3.43. The van der Waals surface area contributed by atoms with Crippen molar-refractivity contribution in [3.05, 3.63) is 23.9 Å². The number of pyridine rings is 1. The molecule has 6 nitrogen and oxygen atoms in total. The van der Waals surface area contributed by atoms with E-state index >= 15 is 0 Å². The Labute approximate surface area is 129 Å².